The molecule has 0 N–H and O–H groups in total. The summed E-state index contributed by atoms with van der Waals surface area (Å²) in [5.74, 6) is 1.38. The minimum Gasteiger partial charge on any atom is -0.348 e. The molecule has 4 rings (SSSR count). The maximum Gasteiger partial charge on any atom is 0.171 e. The molecule has 0 radical (unpaired) electrons. The van der Waals surface area contributed by atoms with E-state index in [-0.39, 0.29) is 11.9 Å². The predicted octanol–water partition coefficient (Wildman–Crippen LogP) is 4.26. The number of fused-ring (bicyclic) bond motifs is 4. The molecule has 5 atom stereocenters. The van der Waals surface area contributed by atoms with Crippen LogP contribution in [0.4, 0.5) is 0 Å². The van der Waals surface area contributed by atoms with Crippen LogP contribution in [-0.2, 0) is 15.9 Å². The molecule has 2 heterocycles. The van der Waals surface area contributed by atoms with Crippen LogP contribution < -0.4 is 0 Å². The Balaban J connectivity index is 1.29. The van der Waals surface area contributed by atoms with E-state index in [1.165, 1.54) is 50.6 Å². The molecular formula is C22H33NO2. The number of nitrogens with zero attached hydrogens (tertiary/aromatic N) is 1. The Morgan fingerprint density at radius 2 is 2.00 bits per heavy atom. The quantitative estimate of drug-likeness (QED) is 0.746. The van der Waals surface area contributed by atoms with Gasteiger partial charge in [-0.2, -0.15) is 0 Å². The van der Waals surface area contributed by atoms with Gasteiger partial charge in [0.1, 0.15) is 0 Å². The fourth-order valence-electron chi connectivity index (χ4n) is 5.22. The summed E-state index contributed by atoms with van der Waals surface area (Å²) >= 11 is 0. The van der Waals surface area contributed by atoms with E-state index in [0.717, 1.165) is 19.0 Å². The summed E-state index contributed by atoms with van der Waals surface area (Å²) in [6, 6.07) is 10.8. The molecule has 3 nitrogen and oxygen atoms in total. The van der Waals surface area contributed by atoms with E-state index >= 15 is 0 Å². The molecule has 3 fully saturated rings. The highest BCUT2D eigenvalue weighted by Gasteiger charge is 2.52. The third kappa shape index (κ3) is 3.94. The first-order valence-corrected chi connectivity index (χ1v) is 10.2. The molecule has 1 saturated carbocycles. The van der Waals surface area contributed by atoms with Crippen molar-refractivity contribution in [3.63, 3.8) is 0 Å². The molecule has 3 aliphatic rings. The van der Waals surface area contributed by atoms with Crippen molar-refractivity contribution in [3.8, 4) is 0 Å². The highest BCUT2D eigenvalue weighted by molar-refractivity contribution is 5.14. The first-order valence-electron chi connectivity index (χ1n) is 10.2. The van der Waals surface area contributed by atoms with Gasteiger partial charge in [0.25, 0.3) is 0 Å². The predicted molar refractivity (Wildman–Crippen MR) is 100 cm³/mol. The first kappa shape index (κ1) is 17.5. The number of ether oxygens (including phenoxy) is 2. The van der Waals surface area contributed by atoms with Gasteiger partial charge >= 0.3 is 0 Å². The second-order valence-corrected chi connectivity index (χ2v) is 8.74. The lowest BCUT2D eigenvalue weighted by Crippen LogP contribution is -2.66. The largest absolute Gasteiger partial charge is 0.348 e. The average molecular weight is 344 g/mol. The number of rotatable bonds is 5. The monoisotopic (exact) mass is 343 g/mol. The lowest BCUT2D eigenvalue weighted by molar-refractivity contribution is -0.341. The van der Waals surface area contributed by atoms with Crippen molar-refractivity contribution in [2.45, 2.75) is 70.4 Å². The van der Waals surface area contributed by atoms with Crippen LogP contribution >= 0.6 is 0 Å². The summed E-state index contributed by atoms with van der Waals surface area (Å²) in [4.78, 5) is 2.59. The maximum atomic E-state index is 6.36. The van der Waals surface area contributed by atoms with Gasteiger partial charge in [-0.25, -0.2) is 0 Å². The molecule has 3 heteroatoms. The van der Waals surface area contributed by atoms with E-state index in [4.69, 9.17) is 9.47 Å². The molecule has 0 spiro atoms. The SMILES string of the molecule is C[C@@H]1CC[C@@H]2[C@H](C1)O[C@@H]1CN(CCCCc3ccccc3)C[C@@]2(C)O1. The second kappa shape index (κ2) is 7.38. The zero-order valence-electron chi connectivity index (χ0n) is 15.8. The zero-order chi connectivity index (χ0) is 17.3. The van der Waals surface area contributed by atoms with Crippen molar-refractivity contribution in [2.24, 2.45) is 11.8 Å². The van der Waals surface area contributed by atoms with Crippen molar-refractivity contribution in [3.05, 3.63) is 35.9 Å². The summed E-state index contributed by atoms with van der Waals surface area (Å²) in [6.45, 7) is 7.89. The van der Waals surface area contributed by atoms with E-state index in [9.17, 15) is 0 Å². The van der Waals surface area contributed by atoms with Gasteiger partial charge in [-0.3, -0.25) is 4.90 Å². The zero-order valence-corrected chi connectivity index (χ0v) is 15.8. The van der Waals surface area contributed by atoms with Crippen LogP contribution in [0.25, 0.3) is 0 Å². The van der Waals surface area contributed by atoms with Crippen LogP contribution in [0, 0.1) is 11.8 Å². The van der Waals surface area contributed by atoms with Crippen molar-refractivity contribution in [2.75, 3.05) is 19.6 Å². The van der Waals surface area contributed by atoms with Gasteiger partial charge in [-0.1, -0.05) is 43.7 Å². The first-order chi connectivity index (χ1) is 12.1. The van der Waals surface area contributed by atoms with E-state index in [2.05, 4.69) is 49.1 Å². The van der Waals surface area contributed by atoms with E-state index in [1.807, 2.05) is 0 Å². The van der Waals surface area contributed by atoms with Crippen LogP contribution in [0.15, 0.2) is 30.3 Å². The number of hydrogen-bond acceptors (Lipinski definition) is 3. The van der Waals surface area contributed by atoms with E-state index in [0.29, 0.717) is 12.0 Å². The van der Waals surface area contributed by atoms with Gasteiger partial charge in [-0.05, 0) is 57.1 Å². The van der Waals surface area contributed by atoms with Gasteiger partial charge in [0.2, 0.25) is 0 Å². The topological polar surface area (TPSA) is 21.7 Å². The number of unbranched alkanes of at least 4 members (excludes halogenated alkanes) is 1. The Bertz CT molecular complexity index is 562. The maximum absolute atomic E-state index is 6.36. The molecule has 138 valence electrons. The third-order valence-electron chi connectivity index (χ3n) is 6.54. The third-order valence-corrected chi connectivity index (χ3v) is 6.54. The van der Waals surface area contributed by atoms with Crippen LogP contribution in [0.2, 0.25) is 0 Å². The number of benzene rings is 1. The van der Waals surface area contributed by atoms with Gasteiger partial charge < -0.3 is 9.47 Å². The highest BCUT2D eigenvalue weighted by Crippen LogP contribution is 2.45. The van der Waals surface area contributed by atoms with Crippen molar-refractivity contribution in [1.29, 1.82) is 0 Å². The number of aryl methyl sites for hydroxylation is 1. The van der Waals surface area contributed by atoms with Crippen LogP contribution in [0.1, 0.15) is 51.5 Å². The Morgan fingerprint density at radius 1 is 1.16 bits per heavy atom. The number of morpholine rings is 1. The normalized spacial score (nSPS) is 38.3. The molecule has 2 bridgehead atoms. The minimum absolute atomic E-state index is 0.00853. The molecule has 0 aromatic heterocycles. The van der Waals surface area contributed by atoms with Crippen molar-refractivity contribution >= 4 is 0 Å². The Kier molecular flexibility index (Phi) is 5.17. The van der Waals surface area contributed by atoms with Crippen LogP contribution in [0.5, 0.6) is 0 Å². The van der Waals surface area contributed by atoms with Gasteiger partial charge in [0.05, 0.1) is 11.7 Å². The molecule has 2 saturated heterocycles. The van der Waals surface area contributed by atoms with E-state index in [1.54, 1.807) is 0 Å². The summed E-state index contributed by atoms with van der Waals surface area (Å²) < 4.78 is 12.7. The summed E-state index contributed by atoms with van der Waals surface area (Å²) in [5.41, 5.74) is 1.45. The summed E-state index contributed by atoms with van der Waals surface area (Å²) in [5, 5.41) is 0. The van der Waals surface area contributed by atoms with Crippen LogP contribution in [0.3, 0.4) is 0 Å². The summed E-state index contributed by atoms with van der Waals surface area (Å²) in [7, 11) is 0. The smallest absolute Gasteiger partial charge is 0.171 e. The molecule has 0 amide bonds. The standard InChI is InChI=1S/C22H33NO2/c1-17-11-12-19-20(14-17)24-21-15-23(16-22(19,2)25-21)13-7-6-10-18-8-4-3-5-9-18/h3-5,8-9,17,19-21H,6-7,10-16H2,1-2H3/t17-,19-,20+,21+,22-/m1/s1. The minimum atomic E-state index is -0.0144. The van der Waals surface area contributed by atoms with E-state index < -0.39 is 0 Å². The fraction of sp³-hybridized carbons (Fsp3) is 0.727. The Morgan fingerprint density at radius 3 is 2.84 bits per heavy atom. The fourth-order valence-corrected chi connectivity index (χ4v) is 5.22. The van der Waals surface area contributed by atoms with Crippen molar-refractivity contribution < 1.29 is 9.47 Å². The Hall–Kier alpha value is -0.900. The Labute approximate surface area is 152 Å². The summed E-state index contributed by atoms with van der Waals surface area (Å²) in [6.07, 6.45) is 7.91. The lowest BCUT2D eigenvalue weighted by atomic mass is 9.71. The molecule has 25 heavy (non-hydrogen) atoms. The lowest BCUT2D eigenvalue weighted by Gasteiger charge is -2.56. The molecule has 1 aromatic carbocycles. The molecule has 1 aliphatic carbocycles. The van der Waals surface area contributed by atoms with Gasteiger partial charge in [0, 0.05) is 19.0 Å². The number of hydrogen-bond donors (Lipinski definition) is 0. The highest BCUT2D eigenvalue weighted by atomic mass is 16.7. The van der Waals surface area contributed by atoms with Crippen LogP contribution in [-0.4, -0.2) is 42.5 Å². The average Bonchev–Trinajstić information content (AvgIpc) is 2.58. The van der Waals surface area contributed by atoms with Crippen molar-refractivity contribution in [1.82, 2.24) is 4.90 Å². The molecule has 2 aliphatic heterocycles. The molecule has 1 aromatic rings. The van der Waals surface area contributed by atoms with Gasteiger partial charge in [-0.15, -0.1) is 0 Å². The van der Waals surface area contributed by atoms with Gasteiger partial charge in [0.15, 0.2) is 6.29 Å². The second-order valence-electron chi connectivity index (χ2n) is 8.74. The molecular weight excluding hydrogens is 310 g/mol. The molecule has 0 unspecified atom stereocenters.